The van der Waals surface area contributed by atoms with E-state index < -0.39 is 50.1 Å². The Balaban J connectivity index is -0.000000602. The van der Waals surface area contributed by atoms with E-state index in [0.29, 0.717) is 0 Å². The number of carboxylic acid groups (broad SMARTS) is 4. The molecule has 0 aliphatic carbocycles. The molecule has 0 spiro atoms. The van der Waals surface area contributed by atoms with Crippen molar-refractivity contribution in [3.63, 3.8) is 0 Å². The van der Waals surface area contributed by atoms with E-state index in [-0.39, 0.29) is 118 Å². The molecule has 0 bridgehead atoms. The first kappa shape index (κ1) is 32.0. The summed E-state index contributed by atoms with van der Waals surface area (Å²) in [5, 5.41) is 34.5. The van der Waals surface area contributed by atoms with Crippen LogP contribution in [0.4, 0.5) is 0 Å². The number of nitrogens with zero attached hydrogens (tertiary/aromatic N) is 2. The quantitative estimate of drug-likeness (QED) is 0.249. The summed E-state index contributed by atoms with van der Waals surface area (Å²) in [6, 6.07) is 0. The van der Waals surface area contributed by atoms with Crippen molar-refractivity contribution in [1.82, 2.24) is 9.80 Å². The second-order valence-corrected chi connectivity index (χ2v) is 4.00. The molecule has 0 amide bonds. The minimum atomic E-state index is -1.23. The van der Waals surface area contributed by atoms with Gasteiger partial charge in [0, 0.05) is 13.1 Å². The van der Waals surface area contributed by atoms with Gasteiger partial charge in [-0.05, 0) is 0 Å². The van der Waals surface area contributed by atoms with Crippen molar-refractivity contribution < 1.29 is 39.6 Å². The molecule has 0 aromatic carbocycles. The number of carbonyl (C=O) groups is 4. The predicted octanol–water partition coefficient (Wildman–Crippen LogP) is -4.55. The normalized spacial score (nSPS) is 9.30. The van der Waals surface area contributed by atoms with E-state index in [4.69, 9.17) is 20.4 Å². The van der Waals surface area contributed by atoms with Gasteiger partial charge in [-0.2, -0.15) is 0 Å². The van der Waals surface area contributed by atoms with E-state index in [1.54, 1.807) is 0 Å². The SMILES string of the molecule is O=C(O)CN(CCN(CC(=O)O)CC(=O)O)CC(=O)O.[CaH2].[CaH2].[NaH]. The van der Waals surface area contributed by atoms with Crippen LogP contribution in [-0.4, -0.2) is 198 Å². The van der Waals surface area contributed by atoms with Crippen LogP contribution in [0.15, 0.2) is 0 Å². The van der Waals surface area contributed by atoms with Gasteiger partial charge in [0.2, 0.25) is 0 Å². The van der Waals surface area contributed by atoms with Crippen molar-refractivity contribution in [2.75, 3.05) is 39.3 Å². The number of hydrogen-bond acceptors (Lipinski definition) is 6. The molecule has 0 saturated heterocycles. The van der Waals surface area contributed by atoms with Crippen molar-refractivity contribution >= 4 is 129 Å². The molecule has 0 fully saturated rings. The maximum absolute atomic E-state index is 10.6. The zero-order valence-corrected chi connectivity index (χ0v) is 10.6. The Morgan fingerprint density at radius 3 is 0.870 bits per heavy atom. The molecule has 0 atom stereocenters. The van der Waals surface area contributed by atoms with Crippen molar-refractivity contribution in [1.29, 1.82) is 0 Å². The third-order valence-corrected chi connectivity index (χ3v) is 2.17. The summed E-state index contributed by atoms with van der Waals surface area (Å²) in [6.45, 7) is -2.25. The van der Waals surface area contributed by atoms with Crippen LogP contribution in [0.1, 0.15) is 0 Å². The van der Waals surface area contributed by atoms with Gasteiger partial charge in [0.1, 0.15) is 0 Å². The van der Waals surface area contributed by atoms with Gasteiger partial charge in [-0.3, -0.25) is 29.0 Å². The topological polar surface area (TPSA) is 156 Å². The first-order valence-electron chi connectivity index (χ1n) is 5.52. The van der Waals surface area contributed by atoms with E-state index in [0.717, 1.165) is 9.80 Å². The molecule has 10 nitrogen and oxygen atoms in total. The van der Waals surface area contributed by atoms with Crippen LogP contribution in [0.3, 0.4) is 0 Å². The van der Waals surface area contributed by atoms with Crippen molar-refractivity contribution in [2.24, 2.45) is 0 Å². The molecule has 0 aliphatic rings. The Hall–Kier alpha value is 1.32. The van der Waals surface area contributed by atoms with Gasteiger partial charge in [-0.15, -0.1) is 0 Å². The molecule has 0 heterocycles. The Labute approximate surface area is 214 Å². The van der Waals surface area contributed by atoms with Crippen LogP contribution < -0.4 is 0 Å². The first-order chi connectivity index (χ1) is 9.20. The second-order valence-electron chi connectivity index (χ2n) is 4.00. The Kier molecular flexibility index (Phi) is 25.2. The van der Waals surface area contributed by atoms with Gasteiger partial charge in [0.15, 0.2) is 0 Å². The standard InChI is InChI=1S/C10H16N2O8.2Ca.Na.5H/c13-7(14)3-11(4-8(15)16)1-2-12(5-9(17)18)6-10(19)20;;;;;;;;/h1-6H2,(H,13,14)(H,15,16)(H,17,18)(H,19,20);;;;;;;;. The van der Waals surface area contributed by atoms with Crippen LogP contribution in [0.5, 0.6) is 0 Å². The zero-order valence-electron chi connectivity index (χ0n) is 10.6. The van der Waals surface area contributed by atoms with Gasteiger partial charge in [0.05, 0.1) is 26.2 Å². The van der Waals surface area contributed by atoms with Gasteiger partial charge < -0.3 is 20.4 Å². The van der Waals surface area contributed by atoms with Crippen LogP contribution >= 0.6 is 0 Å². The van der Waals surface area contributed by atoms with Gasteiger partial charge in [-0.25, -0.2) is 0 Å². The Morgan fingerprint density at radius 2 is 0.739 bits per heavy atom. The van der Waals surface area contributed by atoms with E-state index in [2.05, 4.69) is 0 Å². The van der Waals surface area contributed by atoms with Crippen molar-refractivity contribution in [3.8, 4) is 0 Å². The third kappa shape index (κ3) is 21.3. The summed E-state index contributed by atoms with van der Waals surface area (Å²) in [5.74, 6) is -4.91. The van der Waals surface area contributed by atoms with Crippen LogP contribution in [-0.2, 0) is 19.2 Å². The fraction of sp³-hybridized carbons (Fsp3) is 0.600. The monoisotopic (exact) mass is 400 g/mol. The van der Waals surface area contributed by atoms with Crippen molar-refractivity contribution in [2.45, 2.75) is 0 Å². The molecule has 0 aliphatic heterocycles. The van der Waals surface area contributed by atoms with Crippen LogP contribution in [0, 0.1) is 0 Å². The third-order valence-electron chi connectivity index (χ3n) is 2.17. The fourth-order valence-electron chi connectivity index (χ4n) is 1.48. The molecule has 4 N–H and O–H groups in total. The molecule has 23 heavy (non-hydrogen) atoms. The molecular formula is C10H21Ca2N2NaO8. The van der Waals surface area contributed by atoms with E-state index >= 15 is 0 Å². The molecule has 0 aromatic heterocycles. The van der Waals surface area contributed by atoms with Crippen molar-refractivity contribution in [3.05, 3.63) is 0 Å². The number of rotatable bonds is 11. The molecular weight excluding hydrogens is 379 g/mol. The summed E-state index contributed by atoms with van der Waals surface area (Å²) in [4.78, 5) is 44.4. The molecule has 0 unspecified atom stereocenters. The fourth-order valence-corrected chi connectivity index (χ4v) is 1.48. The molecule has 0 aromatic rings. The predicted molar refractivity (Wildman–Crippen MR) is 87.7 cm³/mol. The van der Waals surface area contributed by atoms with E-state index in [1.807, 2.05) is 0 Å². The van der Waals surface area contributed by atoms with E-state index in [1.165, 1.54) is 0 Å². The molecule has 0 saturated carbocycles. The Bertz CT molecular complexity index is 331. The molecule has 0 radical (unpaired) electrons. The maximum atomic E-state index is 10.6. The van der Waals surface area contributed by atoms with E-state index in [9.17, 15) is 19.2 Å². The second kappa shape index (κ2) is 18.1. The summed E-state index contributed by atoms with van der Waals surface area (Å²) in [7, 11) is 0. The van der Waals surface area contributed by atoms with Crippen LogP contribution in [0.25, 0.3) is 0 Å². The molecule has 13 heteroatoms. The average Bonchev–Trinajstić information content (AvgIpc) is 2.22. The Morgan fingerprint density at radius 1 is 0.565 bits per heavy atom. The summed E-state index contributed by atoms with van der Waals surface area (Å²) in [6.07, 6.45) is 0. The summed E-state index contributed by atoms with van der Waals surface area (Å²) >= 11 is 0. The number of aliphatic carboxylic acids is 4. The molecule has 124 valence electrons. The molecule has 0 rings (SSSR count). The summed E-state index contributed by atoms with van der Waals surface area (Å²) < 4.78 is 0. The van der Waals surface area contributed by atoms with Gasteiger partial charge in [0.25, 0.3) is 0 Å². The van der Waals surface area contributed by atoms with Crippen LogP contribution in [0.2, 0.25) is 0 Å². The number of carboxylic acids is 4. The number of hydrogen-bond donors (Lipinski definition) is 4. The van der Waals surface area contributed by atoms with Gasteiger partial charge in [-0.1, -0.05) is 0 Å². The minimum absolute atomic E-state index is 0. The van der Waals surface area contributed by atoms with Gasteiger partial charge >= 0.3 is 129 Å². The average molecular weight is 400 g/mol. The summed E-state index contributed by atoms with van der Waals surface area (Å²) in [5.41, 5.74) is 0. The first-order valence-corrected chi connectivity index (χ1v) is 5.52. The zero-order chi connectivity index (χ0) is 15.7.